The molecular weight excluding hydrogens is 282 g/mol. The van der Waals surface area contributed by atoms with Crippen LogP contribution in [0.15, 0.2) is 0 Å². The molecule has 2 N–H and O–H groups in total. The lowest BCUT2D eigenvalue weighted by Crippen LogP contribution is -2.38. The second-order valence-electron chi connectivity index (χ2n) is 4.57. The number of carbonyl (C=O) groups excluding carboxylic acids is 1. The molecule has 0 atom stereocenters. The van der Waals surface area contributed by atoms with Crippen LogP contribution in [0, 0.1) is 6.92 Å². The lowest BCUT2D eigenvalue weighted by molar-refractivity contribution is -0.138. The molecule has 2 heterocycles. The van der Waals surface area contributed by atoms with Gasteiger partial charge in [-0.15, -0.1) is 10.2 Å². The third kappa shape index (κ3) is 4.14. The highest BCUT2D eigenvalue weighted by atomic mass is 32.1. The first-order chi connectivity index (χ1) is 9.54. The fraction of sp³-hybridized carbons (Fsp3) is 0.636. The molecule has 1 fully saturated rings. The molecule has 1 saturated heterocycles. The van der Waals surface area contributed by atoms with Crippen LogP contribution in [-0.2, 0) is 4.79 Å². The van der Waals surface area contributed by atoms with E-state index < -0.39 is 5.97 Å². The first kappa shape index (κ1) is 14.7. The summed E-state index contributed by atoms with van der Waals surface area (Å²) in [7, 11) is 0. The number of carboxylic acids is 1. The maximum Gasteiger partial charge on any atom is 0.323 e. The normalized spacial score (nSPS) is 16.8. The number of amides is 2. The SMILES string of the molecule is Cc1nnc(NC(=O)N2CCCN(CC(=O)O)CC2)s1. The van der Waals surface area contributed by atoms with Crippen molar-refractivity contribution in [3.63, 3.8) is 0 Å². The number of aryl methyl sites for hydroxylation is 1. The number of urea groups is 1. The Bertz CT molecular complexity index is 492. The first-order valence-corrected chi connectivity index (χ1v) is 7.16. The van der Waals surface area contributed by atoms with E-state index >= 15 is 0 Å². The van der Waals surface area contributed by atoms with Gasteiger partial charge in [-0.2, -0.15) is 0 Å². The number of hydrogen-bond donors (Lipinski definition) is 2. The number of aromatic nitrogens is 2. The molecule has 0 spiro atoms. The molecule has 0 unspecified atom stereocenters. The summed E-state index contributed by atoms with van der Waals surface area (Å²) in [4.78, 5) is 26.3. The van der Waals surface area contributed by atoms with E-state index in [0.29, 0.717) is 31.3 Å². The van der Waals surface area contributed by atoms with Crippen LogP contribution in [0.5, 0.6) is 0 Å². The highest BCUT2D eigenvalue weighted by molar-refractivity contribution is 7.15. The van der Waals surface area contributed by atoms with Crippen molar-refractivity contribution < 1.29 is 14.7 Å². The standard InChI is InChI=1S/C11H17N5O3S/c1-8-13-14-10(20-8)12-11(19)16-4-2-3-15(5-6-16)7-9(17)18/h2-7H2,1H3,(H,17,18)(H,12,14,19). The summed E-state index contributed by atoms with van der Waals surface area (Å²) in [5.74, 6) is -0.841. The van der Waals surface area contributed by atoms with Gasteiger partial charge in [0, 0.05) is 26.2 Å². The van der Waals surface area contributed by atoms with Gasteiger partial charge >= 0.3 is 12.0 Å². The number of carboxylic acid groups (broad SMARTS) is 1. The summed E-state index contributed by atoms with van der Waals surface area (Å²) in [5.41, 5.74) is 0. The Kier molecular flexibility index (Phi) is 4.85. The zero-order valence-corrected chi connectivity index (χ0v) is 12.0. The molecule has 0 saturated carbocycles. The number of anilines is 1. The van der Waals surface area contributed by atoms with E-state index in [-0.39, 0.29) is 12.6 Å². The predicted molar refractivity (Wildman–Crippen MR) is 73.9 cm³/mol. The van der Waals surface area contributed by atoms with Gasteiger partial charge in [-0.05, 0) is 13.3 Å². The lowest BCUT2D eigenvalue weighted by atomic mass is 10.4. The van der Waals surface area contributed by atoms with Gasteiger partial charge in [-0.3, -0.25) is 15.0 Å². The van der Waals surface area contributed by atoms with Crippen molar-refractivity contribution >= 4 is 28.5 Å². The van der Waals surface area contributed by atoms with Gasteiger partial charge in [0.15, 0.2) is 0 Å². The molecule has 1 aromatic heterocycles. The van der Waals surface area contributed by atoms with E-state index in [1.165, 1.54) is 11.3 Å². The van der Waals surface area contributed by atoms with E-state index in [1.807, 2.05) is 11.8 Å². The van der Waals surface area contributed by atoms with Crippen LogP contribution >= 0.6 is 11.3 Å². The Hall–Kier alpha value is -1.74. The Morgan fingerprint density at radius 2 is 2.10 bits per heavy atom. The van der Waals surface area contributed by atoms with Crippen molar-refractivity contribution in [2.75, 3.05) is 38.0 Å². The molecule has 110 valence electrons. The van der Waals surface area contributed by atoms with Crippen LogP contribution in [0.2, 0.25) is 0 Å². The van der Waals surface area contributed by atoms with Gasteiger partial charge in [0.2, 0.25) is 5.13 Å². The topological polar surface area (TPSA) is 98.7 Å². The number of nitrogens with one attached hydrogen (secondary N) is 1. The molecular formula is C11H17N5O3S. The summed E-state index contributed by atoms with van der Waals surface area (Å²) in [6.45, 7) is 4.22. The summed E-state index contributed by atoms with van der Waals surface area (Å²) in [6.07, 6.45) is 0.760. The van der Waals surface area contributed by atoms with E-state index in [1.54, 1.807) is 4.90 Å². The summed E-state index contributed by atoms with van der Waals surface area (Å²) in [5, 5.41) is 20.5. The largest absolute Gasteiger partial charge is 0.480 e. The average Bonchev–Trinajstić information content (AvgIpc) is 2.64. The van der Waals surface area contributed by atoms with Crippen molar-refractivity contribution in [3.05, 3.63) is 5.01 Å². The fourth-order valence-corrected chi connectivity index (χ4v) is 2.62. The Morgan fingerprint density at radius 1 is 1.30 bits per heavy atom. The number of hydrogen-bond acceptors (Lipinski definition) is 6. The average molecular weight is 299 g/mol. The quantitative estimate of drug-likeness (QED) is 0.842. The van der Waals surface area contributed by atoms with Crippen molar-refractivity contribution in [1.29, 1.82) is 0 Å². The lowest BCUT2D eigenvalue weighted by Gasteiger charge is -2.20. The number of carbonyl (C=O) groups is 2. The molecule has 0 aliphatic carbocycles. The van der Waals surface area contributed by atoms with Gasteiger partial charge in [0.1, 0.15) is 5.01 Å². The van der Waals surface area contributed by atoms with Crippen LogP contribution in [0.1, 0.15) is 11.4 Å². The van der Waals surface area contributed by atoms with Gasteiger partial charge in [0.25, 0.3) is 0 Å². The molecule has 0 bridgehead atoms. The van der Waals surface area contributed by atoms with Gasteiger partial charge in [-0.1, -0.05) is 11.3 Å². The monoisotopic (exact) mass is 299 g/mol. The Morgan fingerprint density at radius 3 is 2.75 bits per heavy atom. The Balaban J connectivity index is 1.86. The van der Waals surface area contributed by atoms with Crippen LogP contribution < -0.4 is 5.32 Å². The van der Waals surface area contributed by atoms with E-state index in [0.717, 1.165) is 11.4 Å². The maximum absolute atomic E-state index is 12.1. The molecule has 20 heavy (non-hydrogen) atoms. The highest BCUT2D eigenvalue weighted by Gasteiger charge is 2.20. The first-order valence-electron chi connectivity index (χ1n) is 6.35. The van der Waals surface area contributed by atoms with Crippen molar-refractivity contribution in [2.45, 2.75) is 13.3 Å². The summed E-state index contributed by atoms with van der Waals surface area (Å²) >= 11 is 1.33. The van der Waals surface area contributed by atoms with Crippen molar-refractivity contribution in [2.24, 2.45) is 0 Å². The molecule has 8 nitrogen and oxygen atoms in total. The minimum atomic E-state index is -0.841. The molecule has 9 heteroatoms. The van der Waals surface area contributed by atoms with Gasteiger partial charge in [0.05, 0.1) is 6.54 Å². The van der Waals surface area contributed by atoms with E-state index in [9.17, 15) is 9.59 Å². The van der Waals surface area contributed by atoms with E-state index in [4.69, 9.17) is 5.11 Å². The summed E-state index contributed by atoms with van der Waals surface area (Å²) in [6, 6.07) is -0.210. The summed E-state index contributed by atoms with van der Waals surface area (Å²) < 4.78 is 0. The predicted octanol–water partition coefficient (Wildman–Crippen LogP) is 0.471. The second-order valence-corrected chi connectivity index (χ2v) is 5.75. The smallest absolute Gasteiger partial charge is 0.323 e. The molecule has 1 aromatic rings. The molecule has 2 rings (SSSR count). The minimum Gasteiger partial charge on any atom is -0.480 e. The van der Waals surface area contributed by atoms with Gasteiger partial charge < -0.3 is 10.0 Å². The van der Waals surface area contributed by atoms with Crippen LogP contribution in [-0.4, -0.2) is 69.8 Å². The maximum atomic E-state index is 12.1. The molecule has 1 aliphatic heterocycles. The van der Waals surface area contributed by atoms with E-state index in [2.05, 4.69) is 15.5 Å². The fourth-order valence-electron chi connectivity index (χ4n) is 2.04. The van der Waals surface area contributed by atoms with Crippen molar-refractivity contribution in [1.82, 2.24) is 20.0 Å². The minimum absolute atomic E-state index is 0.0189. The van der Waals surface area contributed by atoms with Gasteiger partial charge in [-0.25, -0.2) is 4.79 Å². The Labute approximate surface area is 120 Å². The second kappa shape index (κ2) is 6.62. The zero-order valence-electron chi connectivity index (χ0n) is 11.2. The number of nitrogens with zero attached hydrogens (tertiary/aromatic N) is 4. The zero-order chi connectivity index (χ0) is 14.5. The molecule has 0 aromatic carbocycles. The highest BCUT2D eigenvalue weighted by Crippen LogP contribution is 2.14. The molecule has 1 aliphatic rings. The number of aliphatic carboxylic acids is 1. The van der Waals surface area contributed by atoms with Crippen molar-refractivity contribution in [3.8, 4) is 0 Å². The number of rotatable bonds is 3. The molecule has 2 amide bonds. The van der Waals surface area contributed by atoms with Crippen LogP contribution in [0.25, 0.3) is 0 Å². The molecule has 0 radical (unpaired) electrons. The third-order valence-corrected chi connectivity index (χ3v) is 3.73. The van der Waals surface area contributed by atoms with Crippen LogP contribution in [0.3, 0.4) is 0 Å². The van der Waals surface area contributed by atoms with Crippen LogP contribution in [0.4, 0.5) is 9.93 Å². The third-order valence-electron chi connectivity index (χ3n) is 2.97.